The second kappa shape index (κ2) is 7.18. The molecule has 25 heavy (non-hydrogen) atoms. The highest BCUT2D eigenvalue weighted by Crippen LogP contribution is 2.39. The second-order valence-corrected chi connectivity index (χ2v) is 7.19. The molecule has 6 heteroatoms. The molecule has 2 aliphatic rings. The average molecular weight is 359 g/mol. The Kier molecular flexibility index (Phi) is 4.77. The van der Waals surface area contributed by atoms with E-state index in [1.54, 1.807) is 0 Å². The van der Waals surface area contributed by atoms with Gasteiger partial charge in [0.1, 0.15) is 16.8 Å². The maximum atomic E-state index is 6.18. The zero-order valence-electron chi connectivity index (χ0n) is 14.5. The van der Waals surface area contributed by atoms with E-state index in [-0.39, 0.29) is 0 Å². The summed E-state index contributed by atoms with van der Waals surface area (Å²) >= 11 is 6.18. The first-order valence-corrected chi connectivity index (χ1v) is 9.24. The number of anilines is 2. The molecule has 1 saturated heterocycles. The van der Waals surface area contributed by atoms with Crippen molar-refractivity contribution in [2.24, 2.45) is 0 Å². The molecule has 5 nitrogen and oxygen atoms in total. The van der Waals surface area contributed by atoms with E-state index in [2.05, 4.69) is 39.0 Å². The maximum absolute atomic E-state index is 6.18. The average Bonchev–Trinajstić information content (AvgIpc) is 3.48. The Morgan fingerprint density at radius 1 is 1.16 bits per heavy atom. The van der Waals surface area contributed by atoms with Crippen LogP contribution in [0.3, 0.4) is 0 Å². The number of hydrogen-bond acceptors (Lipinski definition) is 5. The number of halogens is 1. The Morgan fingerprint density at radius 3 is 2.56 bits per heavy atom. The fraction of sp³-hybridized carbons (Fsp3) is 0.474. The largest absolute Gasteiger partial charge is 0.378 e. The molecule has 4 rings (SSSR count). The van der Waals surface area contributed by atoms with Crippen molar-refractivity contribution in [3.63, 3.8) is 0 Å². The third kappa shape index (κ3) is 4.05. The lowest BCUT2D eigenvalue weighted by atomic mass is 10.1. The van der Waals surface area contributed by atoms with Crippen molar-refractivity contribution in [3.8, 4) is 0 Å². The molecule has 0 unspecified atom stereocenters. The zero-order chi connectivity index (χ0) is 17.2. The molecule has 132 valence electrons. The maximum Gasteiger partial charge on any atom is 0.135 e. The number of nitrogens with zero attached hydrogens (tertiary/aromatic N) is 4. The highest BCUT2D eigenvalue weighted by atomic mass is 35.5. The summed E-state index contributed by atoms with van der Waals surface area (Å²) < 4.78 is 5.42. The van der Waals surface area contributed by atoms with Crippen molar-refractivity contribution in [2.75, 3.05) is 43.2 Å². The summed E-state index contributed by atoms with van der Waals surface area (Å²) in [5, 5.41) is 0.529. The van der Waals surface area contributed by atoms with Crippen LogP contribution in [0.4, 0.5) is 11.5 Å². The lowest BCUT2D eigenvalue weighted by Gasteiger charge is -2.29. The molecule has 0 N–H and O–H groups in total. The summed E-state index contributed by atoms with van der Waals surface area (Å²) in [5.74, 6) is 2.27. The van der Waals surface area contributed by atoms with E-state index in [9.17, 15) is 0 Å². The molecule has 1 aliphatic carbocycles. The van der Waals surface area contributed by atoms with Crippen LogP contribution in [0.1, 0.15) is 30.1 Å². The van der Waals surface area contributed by atoms with Crippen LogP contribution >= 0.6 is 11.6 Å². The minimum Gasteiger partial charge on any atom is -0.378 e. The Labute approximate surface area is 153 Å². The topological polar surface area (TPSA) is 41.5 Å². The van der Waals surface area contributed by atoms with E-state index in [1.807, 2.05) is 13.1 Å². The fourth-order valence-electron chi connectivity index (χ4n) is 3.13. The second-order valence-electron chi connectivity index (χ2n) is 6.80. The van der Waals surface area contributed by atoms with E-state index in [1.165, 1.54) is 24.1 Å². The van der Waals surface area contributed by atoms with Crippen LogP contribution in [0, 0.1) is 0 Å². The molecule has 0 atom stereocenters. The van der Waals surface area contributed by atoms with Crippen molar-refractivity contribution >= 4 is 23.1 Å². The molecule has 2 heterocycles. The first-order valence-electron chi connectivity index (χ1n) is 8.86. The quantitative estimate of drug-likeness (QED) is 0.765. The minimum atomic E-state index is 0.499. The van der Waals surface area contributed by atoms with Gasteiger partial charge in [-0.2, -0.15) is 0 Å². The lowest BCUT2D eigenvalue weighted by molar-refractivity contribution is 0.122. The smallest absolute Gasteiger partial charge is 0.135 e. The van der Waals surface area contributed by atoms with Crippen LogP contribution in [-0.2, 0) is 11.3 Å². The summed E-state index contributed by atoms with van der Waals surface area (Å²) in [6.45, 7) is 4.33. The first-order chi connectivity index (χ1) is 12.2. The van der Waals surface area contributed by atoms with Gasteiger partial charge < -0.3 is 14.5 Å². The van der Waals surface area contributed by atoms with Crippen molar-refractivity contribution in [1.82, 2.24) is 9.97 Å². The molecule has 0 radical (unpaired) electrons. The van der Waals surface area contributed by atoms with Crippen molar-refractivity contribution < 1.29 is 4.74 Å². The van der Waals surface area contributed by atoms with Gasteiger partial charge in [0, 0.05) is 44.4 Å². The molecule has 1 aromatic heterocycles. The molecule has 1 saturated carbocycles. The van der Waals surface area contributed by atoms with E-state index in [4.69, 9.17) is 21.3 Å². The van der Waals surface area contributed by atoms with Crippen molar-refractivity contribution in [1.29, 1.82) is 0 Å². The summed E-state index contributed by atoms with van der Waals surface area (Å²) in [6.07, 6.45) is 2.35. The van der Waals surface area contributed by atoms with Gasteiger partial charge in [-0.15, -0.1) is 0 Å². The molecule has 2 aromatic rings. The number of benzene rings is 1. The Hall–Kier alpha value is -1.85. The number of hydrogen-bond donors (Lipinski definition) is 0. The van der Waals surface area contributed by atoms with Crippen LogP contribution in [0.5, 0.6) is 0 Å². The fourth-order valence-corrected chi connectivity index (χ4v) is 3.32. The third-order valence-corrected chi connectivity index (χ3v) is 4.96. The molecule has 1 aromatic carbocycles. The Morgan fingerprint density at radius 2 is 1.88 bits per heavy atom. The number of aromatic nitrogens is 2. The standard InChI is InChI=1S/C19H23ClN4O/c1-23(18-12-17(20)21-19(22-18)15-4-5-15)13-14-2-6-16(7-3-14)24-8-10-25-11-9-24/h2-3,6-7,12,15H,4-5,8-11,13H2,1H3. The Balaban J connectivity index is 1.44. The summed E-state index contributed by atoms with van der Waals surface area (Å²) in [6, 6.07) is 10.6. The number of rotatable bonds is 5. The van der Waals surface area contributed by atoms with Crippen LogP contribution in [0.25, 0.3) is 0 Å². The van der Waals surface area contributed by atoms with E-state index >= 15 is 0 Å². The van der Waals surface area contributed by atoms with E-state index in [0.717, 1.165) is 44.5 Å². The van der Waals surface area contributed by atoms with Crippen LogP contribution < -0.4 is 9.80 Å². The van der Waals surface area contributed by atoms with Crippen molar-refractivity contribution in [3.05, 3.63) is 46.9 Å². The summed E-state index contributed by atoms with van der Waals surface area (Å²) in [4.78, 5) is 13.5. The monoisotopic (exact) mass is 358 g/mol. The molecular formula is C19H23ClN4O. The highest BCUT2D eigenvalue weighted by Gasteiger charge is 2.27. The van der Waals surface area contributed by atoms with Crippen LogP contribution in [0.15, 0.2) is 30.3 Å². The van der Waals surface area contributed by atoms with Gasteiger partial charge in [0.2, 0.25) is 0 Å². The SMILES string of the molecule is CN(Cc1ccc(N2CCOCC2)cc1)c1cc(Cl)nc(C2CC2)n1. The van der Waals surface area contributed by atoms with Crippen molar-refractivity contribution in [2.45, 2.75) is 25.3 Å². The molecular weight excluding hydrogens is 336 g/mol. The van der Waals surface area contributed by atoms with Gasteiger partial charge in [-0.3, -0.25) is 0 Å². The highest BCUT2D eigenvalue weighted by molar-refractivity contribution is 6.29. The summed E-state index contributed by atoms with van der Waals surface area (Å²) in [7, 11) is 2.05. The van der Waals surface area contributed by atoms with Gasteiger partial charge in [-0.25, -0.2) is 9.97 Å². The number of morpholine rings is 1. The van der Waals surface area contributed by atoms with Gasteiger partial charge in [0.05, 0.1) is 13.2 Å². The predicted octanol–water partition coefficient (Wildman–Crippen LogP) is 3.48. The summed E-state index contributed by atoms with van der Waals surface area (Å²) in [5.41, 5.74) is 2.51. The van der Waals surface area contributed by atoms with Crippen LogP contribution in [0.2, 0.25) is 5.15 Å². The molecule has 0 spiro atoms. The molecule has 1 aliphatic heterocycles. The predicted molar refractivity (Wildman–Crippen MR) is 101 cm³/mol. The molecule has 0 amide bonds. The Bertz CT molecular complexity index is 727. The van der Waals surface area contributed by atoms with Gasteiger partial charge in [-0.1, -0.05) is 23.7 Å². The van der Waals surface area contributed by atoms with E-state index < -0.39 is 0 Å². The third-order valence-electron chi connectivity index (χ3n) is 4.76. The molecule has 2 fully saturated rings. The van der Waals surface area contributed by atoms with E-state index in [0.29, 0.717) is 11.1 Å². The lowest BCUT2D eigenvalue weighted by Crippen LogP contribution is -2.36. The first kappa shape index (κ1) is 16.6. The normalized spacial score (nSPS) is 17.6. The number of ether oxygens (including phenoxy) is 1. The zero-order valence-corrected chi connectivity index (χ0v) is 15.2. The van der Waals surface area contributed by atoms with Gasteiger partial charge >= 0.3 is 0 Å². The minimum absolute atomic E-state index is 0.499. The van der Waals surface area contributed by atoms with Gasteiger partial charge in [0.15, 0.2) is 0 Å². The van der Waals surface area contributed by atoms with Gasteiger partial charge in [-0.05, 0) is 30.5 Å². The molecule has 0 bridgehead atoms. The van der Waals surface area contributed by atoms with Gasteiger partial charge in [0.25, 0.3) is 0 Å². The van der Waals surface area contributed by atoms with Crippen LogP contribution in [-0.4, -0.2) is 43.3 Å².